The molecule has 3 saturated heterocycles. The molecule has 25 heavy (non-hydrogen) atoms. The lowest BCUT2D eigenvalue weighted by molar-refractivity contribution is -0.133. The van der Waals surface area contributed by atoms with E-state index >= 15 is 0 Å². The number of aliphatic hydroxyl groups is 1. The van der Waals surface area contributed by atoms with Crippen LogP contribution in [0.5, 0.6) is 0 Å². The van der Waals surface area contributed by atoms with Crippen LogP contribution >= 0.6 is 0 Å². The van der Waals surface area contributed by atoms with E-state index in [4.69, 9.17) is 9.52 Å². The number of aliphatic hydroxyl groups excluding tert-OH is 1. The second kappa shape index (κ2) is 6.97. The van der Waals surface area contributed by atoms with E-state index in [0.717, 1.165) is 38.2 Å². The van der Waals surface area contributed by atoms with Gasteiger partial charge in [0.25, 0.3) is 0 Å². The normalized spacial score (nSPS) is 28.2. The Morgan fingerprint density at radius 1 is 1.48 bits per heavy atom. The molecule has 2 N–H and O–H groups in total. The lowest BCUT2D eigenvalue weighted by Crippen LogP contribution is -2.57. The third kappa shape index (κ3) is 3.45. The number of nitrogens with zero attached hydrogens (tertiary/aromatic N) is 4. The maximum atomic E-state index is 12.6. The van der Waals surface area contributed by atoms with E-state index in [1.165, 1.54) is 0 Å². The van der Waals surface area contributed by atoms with Crippen LogP contribution in [-0.2, 0) is 24.5 Å². The maximum absolute atomic E-state index is 12.6. The molecule has 0 saturated carbocycles. The average molecular weight is 345 g/mol. The lowest BCUT2D eigenvalue weighted by Gasteiger charge is -2.49. The summed E-state index contributed by atoms with van der Waals surface area (Å²) in [5.74, 6) is 1.35. The smallest absolute Gasteiger partial charge is 0.225 e. The summed E-state index contributed by atoms with van der Waals surface area (Å²) in [6.45, 7) is 2.93. The van der Waals surface area contributed by atoms with Crippen molar-refractivity contribution in [2.24, 2.45) is 11.8 Å². The number of furan rings is 1. The summed E-state index contributed by atoms with van der Waals surface area (Å²) in [7, 11) is 0. The van der Waals surface area contributed by atoms with Gasteiger partial charge in [0.05, 0.1) is 38.1 Å². The van der Waals surface area contributed by atoms with Crippen LogP contribution in [0.2, 0.25) is 0 Å². The minimum absolute atomic E-state index is 0.0451. The second-order valence-corrected chi connectivity index (χ2v) is 6.93. The van der Waals surface area contributed by atoms with Gasteiger partial charge in [-0.2, -0.15) is 0 Å². The Labute approximate surface area is 145 Å². The van der Waals surface area contributed by atoms with Crippen LogP contribution in [0.3, 0.4) is 0 Å². The first-order chi connectivity index (χ1) is 12.2. The van der Waals surface area contributed by atoms with Gasteiger partial charge in [0, 0.05) is 12.6 Å². The molecule has 0 aliphatic carbocycles. The van der Waals surface area contributed by atoms with E-state index in [1.54, 1.807) is 17.1 Å². The predicted octanol–water partition coefficient (Wildman–Crippen LogP) is 0.390. The Kier molecular flexibility index (Phi) is 4.54. The molecule has 3 fully saturated rings. The molecular weight excluding hydrogens is 322 g/mol. The molecule has 2 aromatic heterocycles. The molecule has 0 radical (unpaired) electrons. The summed E-state index contributed by atoms with van der Waals surface area (Å²) in [5, 5.41) is 20.1. The van der Waals surface area contributed by atoms with Crippen LogP contribution in [-0.4, -0.2) is 50.0 Å². The zero-order chi connectivity index (χ0) is 17.2. The van der Waals surface area contributed by atoms with E-state index in [-0.39, 0.29) is 18.4 Å². The zero-order valence-electron chi connectivity index (χ0n) is 14.0. The number of aromatic nitrogens is 3. The van der Waals surface area contributed by atoms with Crippen molar-refractivity contribution in [3.8, 4) is 0 Å². The predicted molar refractivity (Wildman–Crippen MR) is 88.1 cm³/mol. The highest BCUT2D eigenvalue weighted by Crippen LogP contribution is 2.36. The Morgan fingerprint density at radius 3 is 3.08 bits per heavy atom. The molecule has 3 aliphatic heterocycles. The Hall–Kier alpha value is -2.19. The van der Waals surface area contributed by atoms with Gasteiger partial charge < -0.3 is 14.8 Å². The number of hydrogen-bond donors (Lipinski definition) is 2. The van der Waals surface area contributed by atoms with Gasteiger partial charge in [-0.25, -0.2) is 0 Å². The van der Waals surface area contributed by atoms with Crippen LogP contribution in [0.15, 0.2) is 29.0 Å². The number of fused-ring (bicyclic) bond motifs is 3. The van der Waals surface area contributed by atoms with Crippen molar-refractivity contribution < 1.29 is 14.3 Å². The molecule has 3 aliphatic rings. The number of carbonyl (C=O) groups is 1. The van der Waals surface area contributed by atoms with Crippen molar-refractivity contribution in [2.45, 2.75) is 38.6 Å². The highest BCUT2D eigenvalue weighted by Gasteiger charge is 2.43. The quantitative estimate of drug-likeness (QED) is 0.786. The van der Waals surface area contributed by atoms with E-state index in [2.05, 4.69) is 20.5 Å². The average Bonchev–Trinajstić information content (AvgIpc) is 3.32. The molecule has 8 heteroatoms. The van der Waals surface area contributed by atoms with Crippen molar-refractivity contribution in [1.82, 2.24) is 25.2 Å². The molecule has 1 unspecified atom stereocenters. The first-order valence-electron chi connectivity index (χ1n) is 8.77. The molecular formula is C17H23N5O3. The van der Waals surface area contributed by atoms with E-state index in [9.17, 15) is 4.79 Å². The fourth-order valence-corrected chi connectivity index (χ4v) is 4.06. The first kappa shape index (κ1) is 16.3. The summed E-state index contributed by atoms with van der Waals surface area (Å²) < 4.78 is 7.06. The largest absolute Gasteiger partial charge is 0.467 e. The standard InChI is InChI=1S/C17H23N5O3/c23-11-13-8-22(20-19-13)9-14-6-12-3-4-21(14)10-16(12)17(24)18-7-15-2-1-5-25-15/h1-2,5,8,12,14,16,23H,3-4,6-7,9-11H2,(H,18,24)/t12-,14-,16+/m1/s1. The fourth-order valence-electron chi connectivity index (χ4n) is 4.06. The molecule has 8 nitrogen and oxygen atoms in total. The van der Waals surface area contributed by atoms with Crippen LogP contribution < -0.4 is 5.32 Å². The number of carbonyl (C=O) groups excluding carboxylic acids is 1. The first-order valence-corrected chi connectivity index (χ1v) is 8.77. The molecule has 2 aromatic rings. The van der Waals surface area contributed by atoms with Crippen molar-refractivity contribution in [3.63, 3.8) is 0 Å². The van der Waals surface area contributed by atoms with Crippen molar-refractivity contribution in [1.29, 1.82) is 0 Å². The van der Waals surface area contributed by atoms with Gasteiger partial charge in [-0.3, -0.25) is 14.4 Å². The molecule has 2 bridgehead atoms. The number of piperidine rings is 3. The van der Waals surface area contributed by atoms with E-state index in [0.29, 0.717) is 24.2 Å². The monoisotopic (exact) mass is 345 g/mol. The van der Waals surface area contributed by atoms with Gasteiger partial charge >= 0.3 is 0 Å². The van der Waals surface area contributed by atoms with Crippen LogP contribution in [0.25, 0.3) is 0 Å². The minimum Gasteiger partial charge on any atom is -0.467 e. The minimum atomic E-state index is -0.0884. The van der Waals surface area contributed by atoms with E-state index in [1.807, 2.05) is 12.1 Å². The number of rotatable bonds is 6. The molecule has 134 valence electrons. The molecule has 0 aromatic carbocycles. The van der Waals surface area contributed by atoms with Crippen LogP contribution in [0, 0.1) is 11.8 Å². The number of amides is 1. The van der Waals surface area contributed by atoms with Gasteiger partial charge in [-0.15, -0.1) is 5.10 Å². The van der Waals surface area contributed by atoms with Crippen LogP contribution in [0.1, 0.15) is 24.3 Å². The molecule has 5 heterocycles. The third-order valence-corrected chi connectivity index (χ3v) is 5.38. The number of hydrogen-bond acceptors (Lipinski definition) is 6. The summed E-state index contributed by atoms with van der Waals surface area (Å²) >= 11 is 0. The molecule has 1 amide bonds. The molecule has 0 spiro atoms. The topological polar surface area (TPSA) is 96.4 Å². The lowest BCUT2D eigenvalue weighted by atomic mass is 9.75. The summed E-state index contributed by atoms with van der Waals surface area (Å²) in [6, 6.07) is 4.07. The van der Waals surface area contributed by atoms with E-state index < -0.39 is 0 Å². The molecule has 4 atom stereocenters. The van der Waals surface area contributed by atoms with Crippen molar-refractivity contribution in [2.75, 3.05) is 13.1 Å². The summed E-state index contributed by atoms with van der Waals surface area (Å²) in [5.41, 5.74) is 0.589. The Balaban J connectivity index is 1.34. The third-order valence-electron chi connectivity index (χ3n) is 5.38. The van der Waals surface area contributed by atoms with Gasteiger partial charge in [0.15, 0.2) is 0 Å². The van der Waals surface area contributed by atoms with Gasteiger partial charge in [-0.1, -0.05) is 5.21 Å². The summed E-state index contributed by atoms with van der Waals surface area (Å²) in [4.78, 5) is 14.9. The van der Waals surface area contributed by atoms with Gasteiger partial charge in [0.2, 0.25) is 5.91 Å². The fraction of sp³-hybridized carbons (Fsp3) is 0.588. The van der Waals surface area contributed by atoms with Crippen molar-refractivity contribution in [3.05, 3.63) is 36.0 Å². The Morgan fingerprint density at radius 2 is 2.40 bits per heavy atom. The zero-order valence-corrected chi connectivity index (χ0v) is 14.0. The van der Waals surface area contributed by atoms with Crippen molar-refractivity contribution >= 4 is 5.91 Å². The number of nitrogens with one attached hydrogen (secondary N) is 1. The second-order valence-electron chi connectivity index (χ2n) is 6.93. The van der Waals surface area contributed by atoms with Gasteiger partial charge in [0.1, 0.15) is 11.5 Å². The highest BCUT2D eigenvalue weighted by atomic mass is 16.3. The van der Waals surface area contributed by atoms with Gasteiger partial charge in [-0.05, 0) is 37.4 Å². The highest BCUT2D eigenvalue weighted by molar-refractivity contribution is 5.79. The molecule has 5 rings (SSSR count). The maximum Gasteiger partial charge on any atom is 0.225 e. The van der Waals surface area contributed by atoms with Crippen LogP contribution in [0.4, 0.5) is 0 Å². The SMILES string of the molecule is O=C(NCc1ccco1)[C@H]1CN2CC[C@@H]1C[C@@H]2Cn1cc(CO)nn1. The summed E-state index contributed by atoms with van der Waals surface area (Å²) in [6.07, 6.45) is 5.46. The Bertz CT molecular complexity index is 714.